The number of nitrogens with one attached hydrogen (secondary N) is 1. The molecule has 2 fully saturated rings. The summed E-state index contributed by atoms with van der Waals surface area (Å²) in [7, 11) is 0. The van der Waals surface area contributed by atoms with E-state index >= 15 is 0 Å². The van der Waals surface area contributed by atoms with Crippen molar-refractivity contribution in [1.29, 1.82) is 0 Å². The highest BCUT2D eigenvalue weighted by molar-refractivity contribution is 5.41. The van der Waals surface area contributed by atoms with Crippen molar-refractivity contribution in [1.82, 2.24) is 10.3 Å². The Kier molecular flexibility index (Phi) is 4.25. The Balaban J connectivity index is 1.66. The molecular weight excluding hydrogens is 246 g/mol. The third-order valence-electron chi connectivity index (χ3n) is 4.20. The van der Waals surface area contributed by atoms with Crippen LogP contribution < -0.4 is 10.2 Å². The first-order chi connectivity index (χ1) is 9.70. The van der Waals surface area contributed by atoms with E-state index in [1.54, 1.807) is 0 Å². The van der Waals surface area contributed by atoms with Crippen molar-refractivity contribution in [3.8, 4) is 0 Å². The second-order valence-corrected chi connectivity index (χ2v) is 6.85. The molecule has 2 saturated carbocycles. The molecule has 0 unspecified atom stereocenters. The van der Waals surface area contributed by atoms with Crippen molar-refractivity contribution in [2.24, 2.45) is 11.8 Å². The maximum atomic E-state index is 4.63. The van der Waals surface area contributed by atoms with Crippen molar-refractivity contribution in [2.45, 2.75) is 52.1 Å². The second-order valence-electron chi connectivity index (χ2n) is 6.85. The molecule has 3 heteroatoms. The molecule has 3 nitrogen and oxygen atoms in total. The van der Waals surface area contributed by atoms with E-state index in [0.717, 1.165) is 18.4 Å². The SMILES string of the molecule is CC(C)NCc1ccnc(N(CC2CC2)CC2CC2)c1. The van der Waals surface area contributed by atoms with E-state index in [1.165, 1.54) is 50.2 Å². The molecule has 0 aliphatic heterocycles. The predicted octanol–water partition coefficient (Wildman–Crippen LogP) is 3.21. The van der Waals surface area contributed by atoms with E-state index in [1.807, 2.05) is 6.20 Å². The summed E-state index contributed by atoms with van der Waals surface area (Å²) in [5, 5.41) is 3.49. The minimum Gasteiger partial charge on any atom is -0.356 e. The van der Waals surface area contributed by atoms with Crippen LogP contribution >= 0.6 is 0 Å². The van der Waals surface area contributed by atoms with Crippen molar-refractivity contribution in [3.63, 3.8) is 0 Å². The second kappa shape index (κ2) is 6.13. The number of hydrogen-bond acceptors (Lipinski definition) is 3. The minimum atomic E-state index is 0.528. The van der Waals surface area contributed by atoms with Gasteiger partial charge in [0.1, 0.15) is 5.82 Å². The third-order valence-corrected chi connectivity index (χ3v) is 4.20. The molecule has 0 atom stereocenters. The summed E-state index contributed by atoms with van der Waals surface area (Å²) in [5.74, 6) is 3.04. The molecule has 110 valence electrons. The van der Waals surface area contributed by atoms with Gasteiger partial charge in [-0.25, -0.2) is 4.98 Å². The van der Waals surface area contributed by atoms with Gasteiger partial charge in [0.15, 0.2) is 0 Å². The van der Waals surface area contributed by atoms with Crippen molar-refractivity contribution in [3.05, 3.63) is 23.9 Å². The lowest BCUT2D eigenvalue weighted by molar-refractivity contribution is 0.588. The van der Waals surface area contributed by atoms with Gasteiger partial charge in [0.2, 0.25) is 0 Å². The summed E-state index contributed by atoms with van der Waals surface area (Å²) >= 11 is 0. The molecule has 0 spiro atoms. The fourth-order valence-electron chi connectivity index (χ4n) is 2.55. The van der Waals surface area contributed by atoms with Gasteiger partial charge in [0.25, 0.3) is 0 Å². The van der Waals surface area contributed by atoms with E-state index in [2.05, 4.69) is 41.2 Å². The van der Waals surface area contributed by atoms with E-state index in [-0.39, 0.29) is 0 Å². The van der Waals surface area contributed by atoms with E-state index < -0.39 is 0 Å². The van der Waals surface area contributed by atoms with Gasteiger partial charge in [0.05, 0.1) is 0 Å². The lowest BCUT2D eigenvalue weighted by Gasteiger charge is -2.24. The van der Waals surface area contributed by atoms with E-state index in [0.29, 0.717) is 6.04 Å². The zero-order valence-corrected chi connectivity index (χ0v) is 12.8. The molecule has 1 N–H and O–H groups in total. The highest BCUT2D eigenvalue weighted by Gasteiger charge is 2.29. The Labute approximate surface area is 122 Å². The van der Waals surface area contributed by atoms with Gasteiger partial charge >= 0.3 is 0 Å². The van der Waals surface area contributed by atoms with Gasteiger partial charge in [-0.2, -0.15) is 0 Å². The summed E-state index contributed by atoms with van der Waals surface area (Å²) in [6.07, 6.45) is 7.62. The average Bonchev–Trinajstić information content (AvgIpc) is 3.31. The number of anilines is 1. The Morgan fingerprint density at radius 3 is 2.40 bits per heavy atom. The molecule has 0 saturated heterocycles. The molecule has 1 heterocycles. The number of aromatic nitrogens is 1. The zero-order chi connectivity index (χ0) is 13.9. The molecular formula is C17H27N3. The molecule has 0 radical (unpaired) electrons. The summed E-state index contributed by atoms with van der Waals surface area (Å²) < 4.78 is 0. The highest BCUT2D eigenvalue weighted by atomic mass is 15.2. The summed E-state index contributed by atoms with van der Waals surface area (Å²) in [6.45, 7) is 7.74. The Morgan fingerprint density at radius 2 is 1.85 bits per heavy atom. The van der Waals surface area contributed by atoms with Crippen LogP contribution in [0.4, 0.5) is 5.82 Å². The van der Waals surface area contributed by atoms with Crippen molar-refractivity contribution >= 4 is 5.82 Å². The fraction of sp³-hybridized carbons (Fsp3) is 0.706. The van der Waals surface area contributed by atoms with Gasteiger partial charge in [-0.15, -0.1) is 0 Å². The maximum absolute atomic E-state index is 4.63. The fourth-order valence-corrected chi connectivity index (χ4v) is 2.55. The van der Waals surface area contributed by atoms with Crippen LogP contribution in [0.3, 0.4) is 0 Å². The molecule has 2 aliphatic carbocycles. The van der Waals surface area contributed by atoms with Crippen molar-refractivity contribution in [2.75, 3.05) is 18.0 Å². The van der Waals surface area contributed by atoms with Crippen LogP contribution in [0.1, 0.15) is 45.1 Å². The molecule has 1 aromatic rings. The number of pyridine rings is 1. The Morgan fingerprint density at radius 1 is 1.20 bits per heavy atom. The van der Waals surface area contributed by atoms with Gasteiger partial charge in [-0.3, -0.25) is 0 Å². The molecule has 0 bridgehead atoms. The normalized spacial score (nSPS) is 18.6. The molecule has 1 aromatic heterocycles. The first kappa shape index (κ1) is 13.9. The summed E-state index contributed by atoms with van der Waals surface area (Å²) in [4.78, 5) is 7.16. The number of nitrogens with zero attached hydrogens (tertiary/aromatic N) is 2. The van der Waals surface area contributed by atoms with Gasteiger partial charge in [-0.1, -0.05) is 13.8 Å². The topological polar surface area (TPSA) is 28.2 Å². The van der Waals surface area contributed by atoms with E-state index in [9.17, 15) is 0 Å². The molecule has 0 amide bonds. The first-order valence-electron chi connectivity index (χ1n) is 8.14. The highest BCUT2D eigenvalue weighted by Crippen LogP contribution is 2.35. The van der Waals surface area contributed by atoms with Crippen LogP contribution in [0.2, 0.25) is 0 Å². The largest absolute Gasteiger partial charge is 0.356 e. The zero-order valence-electron chi connectivity index (χ0n) is 12.8. The van der Waals surface area contributed by atoms with Crippen LogP contribution in [0.15, 0.2) is 18.3 Å². The molecule has 0 aromatic carbocycles. The Hall–Kier alpha value is -1.09. The quantitative estimate of drug-likeness (QED) is 0.788. The number of rotatable bonds is 8. The van der Waals surface area contributed by atoms with Crippen LogP contribution in [0.25, 0.3) is 0 Å². The van der Waals surface area contributed by atoms with Crippen LogP contribution in [-0.4, -0.2) is 24.1 Å². The summed E-state index contributed by atoms with van der Waals surface area (Å²) in [5.41, 5.74) is 1.35. The van der Waals surface area contributed by atoms with Gasteiger partial charge in [-0.05, 0) is 55.2 Å². The maximum Gasteiger partial charge on any atom is 0.128 e. The monoisotopic (exact) mass is 273 g/mol. The standard InChI is InChI=1S/C17H27N3/c1-13(2)19-10-16-7-8-18-17(9-16)20(11-14-3-4-14)12-15-5-6-15/h7-9,13-15,19H,3-6,10-12H2,1-2H3. The van der Waals surface area contributed by atoms with E-state index in [4.69, 9.17) is 0 Å². The molecule has 2 aliphatic rings. The smallest absolute Gasteiger partial charge is 0.128 e. The first-order valence-corrected chi connectivity index (χ1v) is 8.14. The molecule has 20 heavy (non-hydrogen) atoms. The van der Waals surface area contributed by atoms with Gasteiger partial charge < -0.3 is 10.2 Å². The Bertz CT molecular complexity index is 422. The van der Waals surface area contributed by atoms with Crippen LogP contribution in [-0.2, 0) is 6.54 Å². The minimum absolute atomic E-state index is 0.528. The lowest BCUT2D eigenvalue weighted by atomic mass is 10.2. The van der Waals surface area contributed by atoms with Crippen molar-refractivity contribution < 1.29 is 0 Å². The lowest BCUT2D eigenvalue weighted by Crippen LogP contribution is -2.29. The molecule has 3 rings (SSSR count). The van der Waals surface area contributed by atoms with Gasteiger partial charge in [0, 0.05) is 31.9 Å². The third kappa shape index (κ3) is 4.20. The average molecular weight is 273 g/mol. The van der Waals surface area contributed by atoms with Crippen LogP contribution in [0.5, 0.6) is 0 Å². The predicted molar refractivity (Wildman–Crippen MR) is 83.9 cm³/mol. The summed E-state index contributed by atoms with van der Waals surface area (Å²) in [6, 6.07) is 4.94. The van der Waals surface area contributed by atoms with Crippen LogP contribution in [0, 0.1) is 11.8 Å². The number of hydrogen-bond donors (Lipinski definition) is 1.